The van der Waals surface area contributed by atoms with Crippen LogP contribution in [0.2, 0.25) is 5.02 Å². The molecule has 2 unspecified atom stereocenters. The minimum Gasteiger partial charge on any atom is -0.483 e. The molecule has 1 heterocycles. The van der Waals surface area contributed by atoms with Crippen molar-refractivity contribution in [3.05, 3.63) is 28.8 Å². The van der Waals surface area contributed by atoms with Crippen LogP contribution in [0.3, 0.4) is 0 Å². The summed E-state index contributed by atoms with van der Waals surface area (Å²) in [5, 5.41) is 7.02. The molecular formula is C15H22Cl2N2O2. The molecule has 0 aliphatic carbocycles. The Labute approximate surface area is 137 Å². The van der Waals surface area contributed by atoms with Crippen molar-refractivity contribution in [1.82, 2.24) is 10.6 Å². The number of carbonyl (C=O) groups excluding carboxylic acids is 1. The molecule has 2 N–H and O–H groups in total. The third-order valence-corrected chi connectivity index (χ3v) is 3.98. The summed E-state index contributed by atoms with van der Waals surface area (Å²) < 4.78 is 5.54. The Morgan fingerprint density at radius 3 is 3.00 bits per heavy atom. The Bertz CT molecular complexity index is 483. The highest BCUT2D eigenvalue weighted by Crippen LogP contribution is 2.24. The summed E-state index contributed by atoms with van der Waals surface area (Å²) in [6.07, 6.45) is 1.92. The van der Waals surface area contributed by atoms with Crippen LogP contribution in [0.4, 0.5) is 0 Å². The molecule has 21 heavy (non-hydrogen) atoms. The zero-order valence-corrected chi connectivity index (χ0v) is 13.9. The first-order valence-electron chi connectivity index (χ1n) is 6.97. The lowest BCUT2D eigenvalue weighted by Gasteiger charge is -2.28. The molecule has 1 aromatic carbocycles. The van der Waals surface area contributed by atoms with Gasteiger partial charge in [0.15, 0.2) is 6.61 Å². The number of ether oxygens (including phenoxy) is 1. The van der Waals surface area contributed by atoms with Crippen molar-refractivity contribution in [2.24, 2.45) is 0 Å². The van der Waals surface area contributed by atoms with Gasteiger partial charge >= 0.3 is 0 Å². The standard InChI is InChI=1S/C15H21ClN2O2.ClH/c1-10-8-12(6-7-17-10)18-15(19)9-20-14-5-3-4-13(16)11(14)2;/h3-5,10,12,17H,6-9H2,1-2H3,(H,18,19);1H. The molecule has 6 heteroatoms. The quantitative estimate of drug-likeness (QED) is 0.891. The number of amides is 1. The Kier molecular flexibility index (Phi) is 7.29. The molecule has 0 radical (unpaired) electrons. The highest BCUT2D eigenvalue weighted by atomic mass is 35.5. The van der Waals surface area contributed by atoms with E-state index in [0.29, 0.717) is 16.8 Å². The molecule has 4 nitrogen and oxygen atoms in total. The van der Waals surface area contributed by atoms with Gasteiger partial charge in [-0.05, 0) is 45.4 Å². The van der Waals surface area contributed by atoms with Gasteiger partial charge in [-0.15, -0.1) is 12.4 Å². The van der Waals surface area contributed by atoms with Gasteiger partial charge in [0.05, 0.1) is 0 Å². The second-order valence-electron chi connectivity index (χ2n) is 5.30. The van der Waals surface area contributed by atoms with Crippen LogP contribution in [0.15, 0.2) is 18.2 Å². The van der Waals surface area contributed by atoms with Crippen molar-refractivity contribution in [1.29, 1.82) is 0 Å². The van der Waals surface area contributed by atoms with Crippen LogP contribution in [0.5, 0.6) is 5.75 Å². The summed E-state index contributed by atoms with van der Waals surface area (Å²) in [7, 11) is 0. The zero-order chi connectivity index (χ0) is 14.5. The molecule has 1 aliphatic heterocycles. The molecule has 118 valence electrons. The van der Waals surface area contributed by atoms with Gasteiger partial charge in [-0.2, -0.15) is 0 Å². The highest BCUT2D eigenvalue weighted by Gasteiger charge is 2.20. The molecule has 1 aromatic rings. The monoisotopic (exact) mass is 332 g/mol. The molecule has 0 saturated carbocycles. The molecule has 0 aromatic heterocycles. The molecule has 2 rings (SSSR count). The molecule has 2 atom stereocenters. The van der Waals surface area contributed by atoms with Crippen LogP contribution in [0.1, 0.15) is 25.3 Å². The summed E-state index contributed by atoms with van der Waals surface area (Å²) in [5.74, 6) is 0.579. The van der Waals surface area contributed by atoms with Gasteiger partial charge in [0.25, 0.3) is 5.91 Å². The van der Waals surface area contributed by atoms with Crippen molar-refractivity contribution in [2.45, 2.75) is 38.8 Å². The molecule has 1 saturated heterocycles. The molecule has 0 spiro atoms. The molecule has 1 aliphatic rings. The zero-order valence-electron chi connectivity index (χ0n) is 12.3. The van der Waals surface area contributed by atoms with Gasteiger partial charge in [0.1, 0.15) is 5.75 Å². The van der Waals surface area contributed by atoms with Crippen molar-refractivity contribution < 1.29 is 9.53 Å². The fraction of sp³-hybridized carbons (Fsp3) is 0.533. The Balaban J connectivity index is 0.00000220. The topological polar surface area (TPSA) is 50.4 Å². The SMILES string of the molecule is Cc1c(Cl)cccc1OCC(=O)NC1CCNC(C)C1.Cl. The van der Waals surface area contributed by atoms with E-state index in [1.165, 1.54) is 0 Å². The van der Waals surface area contributed by atoms with Crippen LogP contribution in [-0.4, -0.2) is 31.1 Å². The maximum Gasteiger partial charge on any atom is 0.258 e. The number of hydrogen-bond donors (Lipinski definition) is 2. The normalized spacial score (nSPS) is 21.3. The third kappa shape index (κ3) is 5.38. The van der Waals surface area contributed by atoms with Crippen molar-refractivity contribution >= 4 is 29.9 Å². The summed E-state index contributed by atoms with van der Waals surface area (Å²) >= 11 is 6.01. The summed E-state index contributed by atoms with van der Waals surface area (Å²) in [5.41, 5.74) is 0.859. The minimum atomic E-state index is -0.0801. The summed E-state index contributed by atoms with van der Waals surface area (Å²) in [6, 6.07) is 6.13. The van der Waals surface area contributed by atoms with Crippen LogP contribution in [0, 0.1) is 6.92 Å². The predicted molar refractivity (Wildman–Crippen MR) is 87.6 cm³/mol. The first-order chi connectivity index (χ1) is 9.56. The average molecular weight is 333 g/mol. The first kappa shape index (κ1) is 18.1. The van der Waals surface area contributed by atoms with Crippen molar-refractivity contribution in [3.8, 4) is 5.75 Å². The highest BCUT2D eigenvalue weighted by molar-refractivity contribution is 6.31. The van der Waals surface area contributed by atoms with E-state index in [9.17, 15) is 4.79 Å². The number of nitrogens with one attached hydrogen (secondary N) is 2. The van der Waals surface area contributed by atoms with E-state index in [1.807, 2.05) is 19.1 Å². The van der Waals surface area contributed by atoms with Crippen molar-refractivity contribution in [2.75, 3.05) is 13.2 Å². The van der Waals surface area contributed by atoms with Gasteiger partial charge in [-0.25, -0.2) is 0 Å². The fourth-order valence-corrected chi connectivity index (χ4v) is 2.59. The molecule has 1 fully saturated rings. The number of halogens is 2. The van der Waals surface area contributed by atoms with Gasteiger partial charge < -0.3 is 15.4 Å². The lowest BCUT2D eigenvalue weighted by atomic mass is 10.0. The van der Waals surface area contributed by atoms with Gasteiger partial charge in [-0.1, -0.05) is 17.7 Å². The molecule has 1 amide bonds. The second-order valence-corrected chi connectivity index (χ2v) is 5.70. The van der Waals surface area contributed by atoms with Crippen LogP contribution >= 0.6 is 24.0 Å². The van der Waals surface area contributed by atoms with Crippen LogP contribution in [-0.2, 0) is 4.79 Å². The van der Waals surface area contributed by atoms with Gasteiger partial charge in [0, 0.05) is 22.7 Å². The van der Waals surface area contributed by atoms with E-state index in [4.69, 9.17) is 16.3 Å². The second kappa shape index (κ2) is 8.47. The Morgan fingerprint density at radius 1 is 1.52 bits per heavy atom. The average Bonchev–Trinajstić information content (AvgIpc) is 2.40. The molecule has 0 bridgehead atoms. The largest absolute Gasteiger partial charge is 0.483 e. The fourth-order valence-electron chi connectivity index (χ4n) is 2.42. The third-order valence-electron chi connectivity index (χ3n) is 3.57. The van der Waals surface area contributed by atoms with E-state index in [0.717, 1.165) is 24.9 Å². The minimum absolute atomic E-state index is 0. The summed E-state index contributed by atoms with van der Waals surface area (Å²) in [6.45, 7) is 4.98. The molecular weight excluding hydrogens is 311 g/mol. The number of carbonyl (C=O) groups is 1. The van der Waals surface area contributed by atoms with E-state index < -0.39 is 0 Å². The number of hydrogen-bond acceptors (Lipinski definition) is 3. The number of piperidine rings is 1. The van der Waals surface area contributed by atoms with E-state index in [1.54, 1.807) is 6.07 Å². The lowest BCUT2D eigenvalue weighted by molar-refractivity contribution is -0.124. The number of rotatable bonds is 4. The van der Waals surface area contributed by atoms with Crippen molar-refractivity contribution in [3.63, 3.8) is 0 Å². The van der Waals surface area contributed by atoms with E-state index >= 15 is 0 Å². The van der Waals surface area contributed by atoms with Gasteiger partial charge in [0.2, 0.25) is 0 Å². The maximum atomic E-state index is 11.9. The Hall–Kier alpha value is -0.970. The van der Waals surface area contributed by atoms with E-state index in [2.05, 4.69) is 17.6 Å². The Morgan fingerprint density at radius 2 is 2.29 bits per heavy atom. The first-order valence-corrected chi connectivity index (χ1v) is 7.34. The van der Waals surface area contributed by atoms with Gasteiger partial charge in [-0.3, -0.25) is 4.79 Å². The van der Waals surface area contributed by atoms with E-state index in [-0.39, 0.29) is 31.0 Å². The number of benzene rings is 1. The lowest BCUT2D eigenvalue weighted by Crippen LogP contribution is -2.47. The summed E-state index contributed by atoms with van der Waals surface area (Å²) in [4.78, 5) is 11.9. The smallest absolute Gasteiger partial charge is 0.258 e. The van der Waals surface area contributed by atoms with Crippen LogP contribution < -0.4 is 15.4 Å². The van der Waals surface area contributed by atoms with Crippen LogP contribution in [0.25, 0.3) is 0 Å². The predicted octanol–water partition coefficient (Wildman–Crippen LogP) is 2.71. The maximum absolute atomic E-state index is 11.9.